The Morgan fingerprint density at radius 2 is 2.00 bits per heavy atom. The largest absolute Gasteiger partial charge is 0.377 e. The summed E-state index contributed by atoms with van der Waals surface area (Å²) in [5.74, 6) is 1.45. The number of aromatic amines is 1. The number of rotatable bonds is 5. The molecule has 8 heteroatoms. The van der Waals surface area contributed by atoms with Crippen LogP contribution < -0.4 is 10.2 Å². The smallest absolute Gasteiger partial charge is 0.226 e. The Kier molecular flexibility index (Phi) is 3.89. The second kappa shape index (κ2) is 5.82. The molecule has 0 amide bonds. The lowest BCUT2D eigenvalue weighted by Gasteiger charge is -2.18. The van der Waals surface area contributed by atoms with Gasteiger partial charge >= 0.3 is 0 Å². The molecule has 0 saturated carbocycles. The minimum atomic E-state index is 0.0366. The molecule has 1 saturated heterocycles. The van der Waals surface area contributed by atoms with Gasteiger partial charge in [-0.25, -0.2) is 0 Å². The van der Waals surface area contributed by atoms with Gasteiger partial charge in [0, 0.05) is 33.9 Å². The van der Waals surface area contributed by atoms with Crippen LogP contribution in [0.3, 0.4) is 0 Å². The normalized spacial score (nSPS) is 22.1. The average Bonchev–Trinajstić information content (AvgIpc) is 3.12. The maximum absolute atomic E-state index is 5.49. The zero-order chi connectivity index (χ0) is 14.8. The fraction of sp³-hybridized carbons (Fsp3) is 0.615. The van der Waals surface area contributed by atoms with E-state index in [-0.39, 0.29) is 12.2 Å². The van der Waals surface area contributed by atoms with Gasteiger partial charge in [0.1, 0.15) is 18.0 Å². The summed E-state index contributed by atoms with van der Waals surface area (Å²) >= 11 is 0. The lowest BCUT2D eigenvalue weighted by atomic mass is 10.3. The molecular weight excluding hydrogens is 272 g/mol. The minimum absolute atomic E-state index is 0.0366. The molecule has 2 atom stereocenters. The minimum Gasteiger partial charge on any atom is -0.377 e. The van der Waals surface area contributed by atoms with E-state index in [0.29, 0.717) is 5.95 Å². The first-order chi connectivity index (χ1) is 10.3. The van der Waals surface area contributed by atoms with Crippen molar-refractivity contribution in [3.05, 3.63) is 6.20 Å². The Labute approximate surface area is 122 Å². The number of aromatic nitrogens is 4. The molecule has 0 spiro atoms. The van der Waals surface area contributed by atoms with Crippen LogP contribution in [0.25, 0.3) is 11.0 Å². The van der Waals surface area contributed by atoms with Gasteiger partial charge in [0.15, 0.2) is 5.65 Å². The zero-order valence-electron chi connectivity index (χ0n) is 12.5. The van der Waals surface area contributed by atoms with Crippen molar-refractivity contribution in [3.63, 3.8) is 0 Å². The molecule has 114 valence electrons. The van der Waals surface area contributed by atoms with Crippen LogP contribution in [-0.2, 0) is 9.47 Å². The van der Waals surface area contributed by atoms with Crippen LogP contribution in [0.2, 0.25) is 0 Å². The van der Waals surface area contributed by atoms with Gasteiger partial charge in [-0.2, -0.15) is 15.1 Å². The van der Waals surface area contributed by atoms with Crippen molar-refractivity contribution in [1.29, 1.82) is 0 Å². The van der Waals surface area contributed by atoms with Gasteiger partial charge in [-0.15, -0.1) is 0 Å². The summed E-state index contributed by atoms with van der Waals surface area (Å²) < 4.78 is 11.0. The van der Waals surface area contributed by atoms with E-state index >= 15 is 0 Å². The number of ether oxygens (including phenoxy) is 2. The van der Waals surface area contributed by atoms with E-state index in [1.807, 2.05) is 6.92 Å². The number of fused-ring (bicyclic) bond motifs is 1. The van der Waals surface area contributed by atoms with E-state index in [1.54, 1.807) is 20.4 Å². The predicted octanol–water partition coefficient (Wildman–Crippen LogP) is 0.635. The van der Waals surface area contributed by atoms with Gasteiger partial charge in [-0.1, -0.05) is 0 Å². The number of nitrogens with one attached hydrogen (secondary N) is 2. The highest BCUT2D eigenvalue weighted by Crippen LogP contribution is 2.28. The summed E-state index contributed by atoms with van der Waals surface area (Å²) in [6, 6.07) is 0. The standard InChI is InChI=1S/C13H20N6O2/c1-4-14-13-16-11-8(5-15-18-11)12(17-13)19-6-9(20-2)10(7-19)21-3/h5,9-10H,4,6-7H2,1-3H3,(H2,14,15,16,17,18). The molecule has 2 unspecified atom stereocenters. The van der Waals surface area contributed by atoms with Gasteiger partial charge < -0.3 is 19.7 Å². The second-order valence-electron chi connectivity index (χ2n) is 4.99. The monoisotopic (exact) mass is 292 g/mol. The van der Waals surface area contributed by atoms with E-state index < -0.39 is 0 Å². The van der Waals surface area contributed by atoms with E-state index in [9.17, 15) is 0 Å². The van der Waals surface area contributed by atoms with Crippen LogP contribution >= 0.6 is 0 Å². The molecule has 1 aliphatic rings. The molecule has 3 heterocycles. The van der Waals surface area contributed by atoms with E-state index in [2.05, 4.69) is 30.4 Å². The lowest BCUT2D eigenvalue weighted by molar-refractivity contribution is -0.00461. The molecular formula is C13H20N6O2. The Hall–Kier alpha value is -1.93. The number of nitrogens with zero attached hydrogens (tertiary/aromatic N) is 4. The van der Waals surface area contributed by atoms with Crippen LogP contribution in [0.15, 0.2) is 6.20 Å². The summed E-state index contributed by atoms with van der Waals surface area (Å²) in [4.78, 5) is 11.2. The van der Waals surface area contributed by atoms with Crippen LogP contribution in [0, 0.1) is 0 Å². The van der Waals surface area contributed by atoms with Crippen LogP contribution in [0.1, 0.15) is 6.92 Å². The number of anilines is 2. The lowest BCUT2D eigenvalue weighted by Crippen LogP contribution is -2.27. The highest BCUT2D eigenvalue weighted by molar-refractivity contribution is 5.87. The van der Waals surface area contributed by atoms with Crippen molar-refractivity contribution >= 4 is 22.8 Å². The van der Waals surface area contributed by atoms with Crippen molar-refractivity contribution in [2.75, 3.05) is 44.1 Å². The zero-order valence-corrected chi connectivity index (χ0v) is 12.5. The maximum atomic E-state index is 5.49. The Balaban J connectivity index is 1.97. The topological polar surface area (TPSA) is 88.2 Å². The number of methoxy groups -OCH3 is 2. The van der Waals surface area contributed by atoms with Crippen LogP contribution in [-0.4, -0.2) is 66.2 Å². The fourth-order valence-corrected chi connectivity index (χ4v) is 2.67. The molecule has 3 rings (SSSR count). The summed E-state index contributed by atoms with van der Waals surface area (Å²) in [6.07, 6.45) is 1.83. The summed E-state index contributed by atoms with van der Waals surface area (Å²) in [6.45, 7) is 4.24. The quantitative estimate of drug-likeness (QED) is 0.835. The predicted molar refractivity (Wildman–Crippen MR) is 79.7 cm³/mol. The molecule has 2 aromatic heterocycles. The van der Waals surface area contributed by atoms with E-state index in [0.717, 1.165) is 36.5 Å². The van der Waals surface area contributed by atoms with Gasteiger partial charge in [0.25, 0.3) is 0 Å². The van der Waals surface area contributed by atoms with Crippen molar-refractivity contribution in [2.24, 2.45) is 0 Å². The summed E-state index contributed by atoms with van der Waals surface area (Å²) in [5.41, 5.74) is 0.728. The van der Waals surface area contributed by atoms with Crippen molar-refractivity contribution in [1.82, 2.24) is 20.2 Å². The van der Waals surface area contributed by atoms with Gasteiger partial charge in [0.05, 0.1) is 11.6 Å². The summed E-state index contributed by atoms with van der Waals surface area (Å²) in [7, 11) is 3.41. The second-order valence-corrected chi connectivity index (χ2v) is 4.99. The molecule has 0 aliphatic carbocycles. The van der Waals surface area contributed by atoms with Crippen molar-refractivity contribution in [3.8, 4) is 0 Å². The van der Waals surface area contributed by atoms with Crippen molar-refractivity contribution < 1.29 is 9.47 Å². The molecule has 21 heavy (non-hydrogen) atoms. The van der Waals surface area contributed by atoms with Crippen LogP contribution in [0.4, 0.5) is 11.8 Å². The molecule has 1 fully saturated rings. The van der Waals surface area contributed by atoms with E-state index in [4.69, 9.17) is 9.47 Å². The maximum Gasteiger partial charge on any atom is 0.226 e. The van der Waals surface area contributed by atoms with Gasteiger partial charge in [-0.3, -0.25) is 5.10 Å². The fourth-order valence-electron chi connectivity index (χ4n) is 2.67. The van der Waals surface area contributed by atoms with Crippen LogP contribution in [0.5, 0.6) is 0 Å². The Morgan fingerprint density at radius 1 is 1.29 bits per heavy atom. The number of H-pyrrole nitrogens is 1. The Morgan fingerprint density at radius 3 is 2.62 bits per heavy atom. The molecule has 2 aromatic rings. The highest BCUT2D eigenvalue weighted by Gasteiger charge is 2.34. The van der Waals surface area contributed by atoms with Crippen molar-refractivity contribution in [2.45, 2.75) is 19.1 Å². The van der Waals surface area contributed by atoms with Gasteiger partial charge in [0.2, 0.25) is 5.95 Å². The molecule has 8 nitrogen and oxygen atoms in total. The number of hydrogen-bond donors (Lipinski definition) is 2. The molecule has 0 bridgehead atoms. The SMILES string of the molecule is CCNc1nc(N2CC(OC)C(OC)C2)c2cn[nH]c2n1. The molecule has 2 N–H and O–H groups in total. The molecule has 0 radical (unpaired) electrons. The third-order valence-corrected chi connectivity index (χ3v) is 3.74. The third-order valence-electron chi connectivity index (χ3n) is 3.74. The first kappa shape index (κ1) is 14.0. The van der Waals surface area contributed by atoms with E-state index in [1.165, 1.54) is 0 Å². The first-order valence-electron chi connectivity index (χ1n) is 7.02. The van der Waals surface area contributed by atoms with Gasteiger partial charge in [-0.05, 0) is 6.92 Å². The average molecular weight is 292 g/mol. The summed E-state index contributed by atoms with van der Waals surface area (Å²) in [5, 5.41) is 11.0. The molecule has 0 aromatic carbocycles. The Bertz CT molecular complexity index is 604. The third kappa shape index (κ3) is 2.52. The molecule has 1 aliphatic heterocycles. The highest BCUT2D eigenvalue weighted by atomic mass is 16.5. The number of hydrogen-bond acceptors (Lipinski definition) is 7. The first-order valence-corrected chi connectivity index (χ1v) is 7.02.